The van der Waals surface area contributed by atoms with Gasteiger partial charge in [0.15, 0.2) is 0 Å². The van der Waals surface area contributed by atoms with Crippen molar-refractivity contribution in [2.45, 2.75) is 58.7 Å². The summed E-state index contributed by atoms with van der Waals surface area (Å²) in [6.07, 6.45) is 1.30. The number of halogens is 4. The van der Waals surface area contributed by atoms with Gasteiger partial charge < -0.3 is 10.2 Å². The summed E-state index contributed by atoms with van der Waals surface area (Å²) >= 11 is 24.4. The first-order chi connectivity index (χ1) is 14.7. The first-order valence-corrected chi connectivity index (χ1v) is 11.6. The van der Waals surface area contributed by atoms with Gasteiger partial charge in [-0.2, -0.15) is 0 Å². The highest BCUT2D eigenvalue weighted by Crippen LogP contribution is 2.26. The Hall–Kier alpha value is -1.46. The molecule has 0 unspecified atom stereocenters. The van der Waals surface area contributed by atoms with E-state index in [2.05, 4.69) is 5.32 Å². The van der Waals surface area contributed by atoms with Crippen LogP contribution in [0.2, 0.25) is 20.1 Å². The van der Waals surface area contributed by atoms with Crippen LogP contribution in [0.4, 0.5) is 0 Å². The summed E-state index contributed by atoms with van der Waals surface area (Å²) in [7, 11) is 0. The normalized spacial score (nSPS) is 12.9. The van der Waals surface area contributed by atoms with E-state index < -0.39 is 6.04 Å². The maximum Gasteiger partial charge on any atom is 0.243 e. The number of carbonyl (C=O) groups excluding carboxylic acids is 2. The molecule has 1 N–H and O–H groups in total. The average molecular weight is 504 g/mol. The van der Waals surface area contributed by atoms with Crippen LogP contribution in [0.1, 0.15) is 44.7 Å². The molecule has 2 amide bonds. The monoisotopic (exact) mass is 502 g/mol. The van der Waals surface area contributed by atoms with Gasteiger partial charge in [0.2, 0.25) is 11.8 Å². The van der Waals surface area contributed by atoms with Crippen molar-refractivity contribution in [3.63, 3.8) is 0 Å². The highest BCUT2D eigenvalue weighted by molar-refractivity contribution is 6.42. The summed E-state index contributed by atoms with van der Waals surface area (Å²) in [5.41, 5.74) is 1.42. The molecule has 2 rings (SSSR count). The van der Waals surface area contributed by atoms with Crippen molar-refractivity contribution in [1.82, 2.24) is 10.2 Å². The fourth-order valence-corrected chi connectivity index (χ4v) is 3.92. The van der Waals surface area contributed by atoms with Gasteiger partial charge in [-0.3, -0.25) is 9.59 Å². The van der Waals surface area contributed by atoms with E-state index in [0.717, 1.165) is 12.0 Å². The lowest BCUT2D eigenvalue weighted by Gasteiger charge is -2.31. The summed E-state index contributed by atoms with van der Waals surface area (Å²) in [5.74, 6) is -0.408. The molecule has 2 aromatic carbocycles. The molecule has 2 aromatic rings. The molecule has 0 aliphatic rings. The minimum atomic E-state index is -0.637. The van der Waals surface area contributed by atoms with Crippen LogP contribution in [-0.2, 0) is 22.6 Å². The van der Waals surface area contributed by atoms with Crippen molar-refractivity contribution in [2.24, 2.45) is 0 Å². The molecule has 0 aliphatic heterocycles. The Balaban J connectivity index is 2.35. The summed E-state index contributed by atoms with van der Waals surface area (Å²) < 4.78 is 0. The molecule has 0 saturated heterocycles. The van der Waals surface area contributed by atoms with Crippen LogP contribution in [0.25, 0.3) is 0 Å². The number of rotatable bonds is 9. The Labute approximate surface area is 203 Å². The van der Waals surface area contributed by atoms with E-state index >= 15 is 0 Å². The molecular formula is C23H26Cl4N2O2. The van der Waals surface area contributed by atoms with E-state index in [4.69, 9.17) is 46.4 Å². The summed E-state index contributed by atoms with van der Waals surface area (Å²) in [4.78, 5) is 27.9. The third-order valence-electron chi connectivity index (χ3n) is 5.08. The third kappa shape index (κ3) is 7.28. The SMILES string of the molecule is CC[C@H](C(=O)N[C@@H](C)CC)N(Cc1ccc(Cl)c(Cl)c1)C(=O)Cc1ccc(Cl)cc1Cl. The fourth-order valence-electron chi connectivity index (χ4n) is 3.12. The minimum absolute atomic E-state index is 0.00851. The van der Waals surface area contributed by atoms with Crippen molar-refractivity contribution in [3.05, 3.63) is 67.6 Å². The van der Waals surface area contributed by atoms with Crippen LogP contribution in [0, 0.1) is 0 Å². The molecule has 0 bridgehead atoms. The highest BCUT2D eigenvalue weighted by atomic mass is 35.5. The molecular weight excluding hydrogens is 478 g/mol. The van der Waals surface area contributed by atoms with Crippen LogP contribution >= 0.6 is 46.4 Å². The van der Waals surface area contributed by atoms with Gasteiger partial charge in [-0.25, -0.2) is 0 Å². The van der Waals surface area contributed by atoms with E-state index in [1.54, 1.807) is 41.3 Å². The molecule has 0 heterocycles. The lowest BCUT2D eigenvalue weighted by Crippen LogP contribution is -2.51. The van der Waals surface area contributed by atoms with Gasteiger partial charge in [0.1, 0.15) is 6.04 Å². The predicted octanol–water partition coefficient (Wildman–Crippen LogP) is 6.56. The van der Waals surface area contributed by atoms with Crippen LogP contribution in [0.3, 0.4) is 0 Å². The zero-order valence-electron chi connectivity index (χ0n) is 17.7. The number of nitrogens with zero attached hydrogens (tertiary/aromatic N) is 1. The smallest absolute Gasteiger partial charge is 0.243 e. The van der Waals surface area contributed by atoms with Crippen LogP contribution in [-0.4, -0.2) is 28.8 Å². The number of amides is 2. The average Bonchev–Trinajstić information content (AvgIpc) is 2.72. The zero-order valence-corrected chi connectivity index (χ0v) is 20.7. The van der Waals surface area contributed by atoms with E-state index in [0.29, 0.717) is 32.1 Å². The maximum atomic E-state index is 13.4. The molecule has 0 saturated carbocycles. The van der Waals surface area contributed by atoms with Gasteiger partial charge in [-0.15, -0.1) is 0 Å². The van der Waals surface area contributed by atoms with Crippen LogP contribution < -0.4 is 5.32 Å². The number of benzene rings is 2. The fraction of sp³-hybridized carbons (Fsp3) is 0.391. The van der Waals surface area contributed by atoms with Gasteiger partial charge in [-0.05, 0) is 55.2 Å². The molecule has 168 valence electrons. The van der Waals surface area contributed by atoms with E-state index in [1.807, 2.05) is 20.8 Å². The molecule has 0 aliphatic carbocycles. The van der Waals surface area contributed by atoms with E-state index in [1.165, 1.54) is 0 Å². The number of carbonyl (C=O) groups is 2. The van der Waals surface area contributed by atoms with E-state index in [-0.39, 0.29) is 30.8 Å². The molecule has 0 fully saturated rings. The first-order valence-electron chi connectivity index (χ1n) is 10.1. The standard InChI is InChI=1S/C23H26Cl4N2O2/c1-4-14(3)28-23(31)21(5-2)29(13-15-6-9-18(25)20(27)10-15)22(30)11-16-7-8-17(24)12-19(16)26/h6-10,12,14,21H,4-5,11,13H2,1-3H3,(H,28,31)/t14-,21+/m0/s1. The molecule has 0 spiro atoms. The van der Waals surface area contributed by atoms with Gasteiger partial charge in [0.25, 0.3) is 0 Å². The second-order valence-electron chi connectivity index (χ2n) is 7.42. The van der Waals surface area contributed by atoms with Crippen LogP contribution in [0.5, 0.6) is 0 Å². The number of hydrogen-bond donors (Lipinski definition) is 1. The lowest BCUT2D eigenvalue weighted by molar-refractivity contribution is -0.141. The third-order valence-corrected chi connectivity index (χ3v) is 6.41. The maximum absolute atomic E-state index is 13.4. The van der Waals surface area contributed by atoms with Gasteiger partial charge in [0.05, 0.1) is 16.5 Å². The topological polar surface area (TPSA) is 49.4 Å². The Bertz CT molecular complexity index is 936. The first kappa shape index (κ1) is 25.8. The van der Waals surface area contributed by atoms with Crippen molar-refractivity contribution in [2.75, 3.05) is 0 Å². The van der Waals surface area contributed by atoms with Crippen molar-refractivity contribution < 1.29 is 9.59 Å². The van der Waals surface area contributed by atoms with Gasteiger partial charge >= 0.3 is 0 Å². The Morgan fingerprint density at radius 2 is 1.65 bits per heavy atom. The molecule has 8 heteroatoms. The molecule has 4 nitrogen and oxygen atoms in total. The lowest BCUT2D eigenvalue weighted by atomic mass is 10.1. The largest absolute Gasteiger partial charge is 0.352 e. The molecule has 0 aromatic heterocycles. The Morgan fingerprint density at radius 1 is 0.935 bits per heavy atom. The molecule has 0 radical (unpaired) electrons. The Morgan fingerprint density at radius 3 is 2.23 bits per heavy atom. The summed E-state index contributed by atoms with van der Waals surface area (Å²) in [6.45, 7) is 6.02. The quantitative estimate of drug-likeness (QED) is 0.421. The summed E-state index contributed by atoms with van der Waals surface area (Å²) in [5, 5.41) is 4.71. The second kappa shape index (κ2) is 12.0. The van der Waals surface area contributed by atoms with Crippen molar-refractivity contribution in [1.29, 1.82) is 0 Å². The minimum Gasteiger partial charge on any atom is -0.352 e. The van der Waals surface area contributed by atoms with Crippen LogP contribution in [0.15, 0.2) is 36.4 Å². The predicted molar refractivity (Wildman–Crippen MR) is 129 cm³/mol. The molecule has 2 atom stereocenters. The number of hydrogen-bond acceptors (Lipinski definition) is 2. The van der Waals surface area contributed by atoms with Crippen molar-refractivity contribution in [3.8, 4) is 0 Å². The second-order valence-corrected chi connectivity index (χ2v) is 9.08. The van der Waals surface area contributed by atoms with Crippen molar-refractivity contribution >= 4 is 58.2 Å². The molecule has 31 heavy (non-hydrogen) atoms. The zero-order chi connectivity index (χ0) is 23.1. The van der Waals surface area contributed by atoms with Gasteiger partial charge in [-0.1, -0.05) is 72.4 Å². The summed E-state index contributed by atoms with van der Waals surface area (Å²) in [6, 6.07) is 9.56. The number of nitrogens with one attached hydrogen (secondary N) is 1. The Kier molecular flexibility index (Phi) is 9.95. The van der Waals surface area contributed by atoms with E-state index in [9.17, 15) is 9.59 Å². The highest BCUT2D eigenvalue weighted by Gasteiger charge is 2.29. The van der Waals surface area contributed by atoms with Gasteiger partial charge in [0, 0.05) is 22.6 Å².